The van der Waals surface area contributed by atoms with Crippen molar-refractivity contribution in [2.24, 2.45) is 11.7 Å². The van der Waals surface area contributed by atoms with Gasteiger partial charge in [-0.05, 0) is 25.2 Å². The Morgan fingerprint density at radius 3 is 2.72 bits per heavy atom. The van der Waals surface area contributed by atoms with Gasteiger partial charge in [0.05, 0.1) is 5.54 Å². The molecule has 5 nitrogen and oxygen atoms in total. The molecule has 0 bridgehead atoms. The summed E-state index contributed by atoms with van der Waals surface area (Å²) in [6.45, 7) is 2.93. The molecule has 3 rings (SSSR count). The molecule has 0 aromatic carbocycles. The van der Waals surface area contributed by atoms with Gasteiger partial charge < -0.3 is 15.0 Å². The zero-order valence-electron chi connectivity index (χ0n) is 10.9. The first kappa shape index (κ1) is 12.1. The summed E-state index contributed by atoms with van der Waals surface area (Å²) in [7, 11) is 0. The van der Waals surface area contributed by atoms with Crippen molar-refractivity contribution < 1.29 is 9.26 Å². The fourth-order valence-corrected chi connectivity index (χ4v) is 2.97. The van der Waals surface area contributed by atoms with Crippen molar-refractivity contribution in [2.75, 3.05) is 6.61 Å². The Morgan fingerprint density at radius 1 is 1.28 bits per heavy atom. The van der Waals surface area contributed by atoms with Crippen LogP contribution in [0.4, 0.5) is 0 Å². The third kappa shape index (κ3) is 2.06. The maximum Gasteiger partial charge on any atom is 0.256 e. The molecule has 1 saturated carbocycles. The van der Waals surface area contributed by atoms with Crippen molar-refractivity contribution in [3.63, 3.8) is 0 Å². The van der Waals surface area contributed by atoms with Crippen molar-refractivity contribution in [2.45, 2.75) is 57.1 Å². The minimum Gasteiger partial charge on any atom is -0.368 e. The van der Waals surface area contributed by atoms with Gasteiger partial charge in [-0.15, -0.1) is 0 Å². The maximum absolute atomic E-state index is 6.40. The highest BCUT2D eigenvalue weighted by atomic mass is 16.5. The van der Waals surface area contributed by atoms with Crippen LogP contribution in [0.2, 0.25) is 0 Å². The van der Waals surface area contributed by atoms with Gasteiger partial charge in [-0.1, -0.05) is 31.3 Å². The highest BCUT2D eigenvalue weighted by molar-refractivity contribution is 5.06. The molecular formula is C13H21N3O2. The average molecular weight is 251 g/mol. The zero-order chi connectivity index (χ0) is 12.6. The van der Waals surface area contributed by atoms with Crippen LogP contribution in [-0.2, 0) is 10.3 Å². The molecule has 2 unspecified atom stereocenters. The van der Waals surface area contributed by atoms with Gasteiger partial charge in [-0.2, -0.15) is 4.98 Å². The minimum atomic E-state index is -0.387. The summed E-state index contributed by atoms with van der Waals surface area (Å²) in [6.07, 6.45) is 6.47. The molecule has 1 aromatic rings. The second-order valence-electron chi connectivity index (χ2n) is 5.73. The molecule has 1 saturated heterocycles. The topological polar surface area (TPSA) is 74.2 Å². The van der Waals surface area contributed by atoms with E-state index in [2.05, 4.69) is 17.1 Å². The molecule has 5 heteroatoms. The van der Waals surface area contributed by atoms with E-state index < -0.39 is 0 Å². The summed E-state index contributed by atoms with van der Waals surface area (Å²) in [5, 5.41) is 4.10. The number of hydrogen-bond donors (Lipinski definition) is 1. The molecule has 2 fully saturated rings. The normalized spacial score (nSPS) is 31.7. The van der Waals surface area contributed by atoms with Crippen LogP contribution in [0.25, 0.3) is 0 Å². The third-order valence-corrected chi connectivity index (χ3v) is 4.26. The summed E-state index contributed by atoms with van der Waals surface area (Å²) < 4.78 is 11.0. The fraction of sp³-hybridized carbons (Fsp3) is 0.846. The number of nitrogens with zero attached hydrogens (tertiary/aromatic N) is 2. The number of nitrogens with two attached hydrogens (primary N) is 1. The van der Waals surface area contributed by atoms with Crippen LogP contribution in [0.3, 0.4) is 0 Å². The number of hydrogen-bond acceptors (Lipinski definition) is 5. The minimum absolute atomic E-state index is 0.0431. The summed E-state index contributed by atoms with van der Waals surface area (Å²) in [4.78, 5) is 4.51. The van der Waals surface area contributed by atoms with Gasteiger partial charge in [0.2, 0.25) is 0 Å². The third-order valence-electron chi connectivity index (χ3n) is 4.26. The largest absolute Gasteiger partial charge is 0.368 e. The number of rotatable bonds is 2. The van der Waals surface area contributed by atoms with E-state index >= 15 is 0 Å². The van der Waals surface area contributed by atoms with Gasteiger partial charge in [0.1, 0.15) is 6.10 Å². The van der Waals surface area contributed by atoms with Crippen molar-refractivity contribution in [3.05, 3.63) is 11.7 Å². The number of aromatic nitrogens is 2. The second-order valence-corrected chi connectivity index (χ2v) is 5.73. The Hall–Kier alpha value is -0.940. The summed E-state index contributed by atoms with van der Waals surface area (Å²) in [6, 6.07) is 0. The molecule has 1 aliphatic heterocycles. The summed E-state index contributed by atoms with van der Waals surface area (Å²) in [5.74, 6) is 1.71. The molecule has 1 aliphatic carbocycles. The molecule has 2 heterocycles. The predicted octanol–water partition coefficient (Wildman–Crippen LogP) is 2.29. The number of ether oxygens (including phenoxy) is 1. The predicted molar refractivity (Wildman–Crippen MR) is 65.7 cm³/mol. The standard InChI is InChI=1S/C13H21N3O2/c1-9-5-8-17-10(9)11-15-12(16-18-11)13(14)6-3-2-4-7-13/h9-10H,2-8,14H2,1H3. The Kier molecular flexibility index (Phi) is 3.11. The van der Waals surface area contributed by atoms with E-state index in [9.17, 15) is 0 Å². The Morgan fingerprint density at radius 2 is 2.06 bits per heavy atom. The molecule has 0 amide bonds. The summed E-state index contributed by atoms with van der Waals surface area (Å²) >= 11 is 0. The lowest BCUT2D eigenvalue weighted by atomic mass is 9.82. The van der Waals surface area contributed by atoms with E-state index in [1.807, 2.05) is 0 Å². The SMILES string of the molecule is CC1CCOC1c1nc(C2(N)CCCCC2)no1. The van der Waals surface area contributed by atoms with Crippen LogP contribution >= 0.6 is 0 Å². The Bertz CT molecular complexity index is 412. The van der Waals surface area contributed by atoms with E-state index in [-0.39, 0.29) is 11.6 Å². The second kappa shape index (κ2) is 4.63. The molecule has 0 spiro atoms. The molecule has 0 radical (unpaired) electrons. The first-order chi connectivity index (χ1) is 8.69. The Labute approximate surface area is 107 Å². The maximum atomic E-state index is 6.40. The van der Waals surface area contributed by atoms with Gasteiger partial charge in [-0.25, -0.2) is 0 Å². The fourth-order valence-electron chi connectivity index (χ4n) is 2.97. The van der Waals surface area contributed by atoms with Gasteiger partial charge >= 0.3 is 0 Å². The van der Waals surface area contributed by atoms with Gasteiger partial charge in [0, 0.05) is 6.61 Å². The van der Waals surface area contributed by atoms with Crippen LogP contribution < -0.4 is 5.73 Å². The van der Waals surface area contributed by atoms with Crippen LogP contribution in [0.15, 0.2) is 4.52 Å². The molecule has 2 aliphatic rings. The Balaban J connectivity index is 1.80. The van der Waals surface area contributed by atoms with Crippen LogP contribution in [0.1, 0.15) is 63.3 Å². The zero-order valence-corrected chi connectivity index (χ0v) is 10.9. The van der Waals surface area contributed by atoms with Crippen LogP contribution in [0.5, 0.6) is 0 Å². The summed E-state index contributed by atoms with van der Waals surface area (Å²) in [5.41, 5.74) is 6.01. The van der Waals surface area contributed by atoms with Crippen molar-refractivity contribution in [3.8, 4) is 0 Å². The average Bonchev–Trinajstić information content (AvgIpc) is 2.98. The molecule has 100 valence electrons. The first-order valence-corrected chi connectivity index (χ1v) is 6.94. The lowest BCUT2D eigenvalue weighted by Gasteiger charge is -2.29. The van der Waals surface area contributed by atoms with E-state index in [1.54, 1.807) is 0 Å². The van der Waals surface area contributed by atoms with E-state index in [1.165, 1.54) is 6.42 Å². The van der Waals surface area contributed by atoms with Crippen molar-refractivity contribution in [1.29, 1.82) is 0 Å². The van der Waals surface area contributed by atoms with Crippen LogP contribution in [0, 0.1) is 5.92 Å². The molecule has 18 heavy (non-hydrogen) atoms. The first-order valence-electron chi connectivity index (χ1n) is 6.94. The molecule has 1 aromatic heterocycles. The molecular weight excluding hydrogens is 230 g/mol. The quantitative estimate of drug-likeness (QED) is 0.872. The monoisotopic (exact) mass is 251 g/mol. The van der Waals surface area contributed by atoms with Gasteiger partial charge in [-0.3, -0.25) is 0 Å². The highest BCUT2D eigenvalue weighted by Crippen LogP contribution is 2.36. The molecule has 2 atom stereocenters. The smallest absolute Gasteiger partial charge is 0.256 e. The van der Waals surface area contributed by atoms with Crippen molar-refractivity contribution >= 4 is 0 Å². The van der Waals surface area contributed by atoms with Crippen LogP contribution in [-0.4, -0.2) is 16.7 Å². The van der Waals surface area contributed by atoms with E-state index in [0.29, 0.717) is 17.6 Å². The van der Waals surface area contributed by atoms with Gasteiger partial charge in [0.15, 0.2) is 5.82 Å². The van der Waals surface area contributed by atoms with E-state index in [0.717, 1.165) is 38.7 Å². The van der Waals surface area contributed by atoms with Crippen molar-refractivity contribution in [1.82, 2.24) is 10.1 Å². The molecule has 2 N–H and O–H groups in total. The lowest BCUT2D eigenvalue weighted by Crippen LogP contribution is -2.39. The lowest BCUT2D eigenvalue weighted by molar-refractivity contribution is 0.0661. The van der Waals surface area contributed by atoms with E-state index in [4.69, 9.17) is 15.0 Å². The highest BCUT2D eigenvalue weighted by Gasteiger charge is 2.37. The van der Waals surface area contributed by atoms with Gasteiger partial charge in [0.25, 0.3) is 5.89 Å².